The predicted molar refractivity (Wildman–Crippen MR) is 66.6 cm³/mol. The molecular formula is C11H13ClF3NO2S. The van der Waals surface area contributed by atoms with Gasteiger partial charge in [-0.25, -0.2) is 8.42 Å². The number of hydrogen-bond acceptors (Lipinski definition) is 2. The highest BCUT2D eigenvalue weighted by Gasteiger charge is 2.38. The summed E-state index contributed by atoms with van der Waals surface area (Å²) in [7, 11) is -4.18. The van der Waals surface area contributed by atoms with Crippen LogP contribution >= 0.6 is 11.6 Å². The van der Waals surface area contributed by atoms with Gasteiger partial charge in [0.1, 0.15) is 0 Å². The lowest BCUT2D eigenvalue weighted by Crippen LogP contribution is -2.32. The van der Waals surface area contributed by atoms with E-state index in [1.165, 1.54) is 0 Å². The summed E-state index contributed by atoms with van der Waals surface area (Å²) in [6.45, 7) is 3.31. The molecule has 3 nitrogen and oxygen atoms in total. The van der Waals surface area contributed by atoms with E-state index in [2.05, 4.69) is 0 Å². The minimum atomic E-state index is -4.78. The first kappa shape index (κ1) is 16.3. The summed E-state index contributed by atoms with van der Waals surface area (Å²) in [6.07, 6.45) is -4.78. The number of alkyl halides is 3. The molecule has 0 aliphatic carbocycles. The first-order chi connectivity index (χ1) is 8.64. The Balaban J connectivity index is 3.51. The quantitative estimate of drug-likeness (QED) is 0.854. The molecule has 0 aromatic heterocycles. The molecule has 1 aromatic carbocycles. The molecule has 0 saturated heterocycles. The molecule has 0 N–H and O–H groups in total. The van der Waals surface area contributed by atoms with E-state index in [1.54, 1.807) is 13.8 Å². The molecule has 0 saturated carbocycles. The Kier molecular flexibility index (Phi) is 4.86. The van der Waals surface area contributed by atoms with E-state index in [0.717, 1.165) is 16.4 Å². The molecule has 0 bridgehead atoms. The molecule has 0 fully saturated rings. The molecule has 0 amide bonds. The van der Waals surface area contributed by atoms with Crippen LogP contribution in [0.2, 0.25) is 5.02 Å². The highest BCUT2D eigenvalue weighted by molar-refractivity contribution is 7.89. The van der Waals surface area contributed by atoms with Crippen molar-refractivity contribution in [3.63, 3.8) is 0 Å². The maximum absolute atomic E-state index is 12.9. The molecule has 0 unspecified atom stereocenters. The van der Waals surface area contributed by atoms with Crippen LogP contribution in [0.1, 0.15) is 19.4 Å². The van der Waals surface area contributed by atoms with Crippen molar-refractivity contribution in [3.05, 3.63) is 28.8 Å². The third kappa shape index (κ3) is 3.40. The van der Waals surface area contributed by atoms with Gasteiger partial charge < -0.3 is 0 Å². The average molecular weight is 316 g/mol. The summed E-state index contributed by atoms with van der Waals surface area (Å²) >= 11 is 5.51. The Bertz CT molecular complexity index is 554. The van der Waals surface area contributed by atoms with Crippen molar-refractivity contribution in [1.82, 2.24) is 4.31 Å². The number of benzene rings is 1. The van der Waals surface area contributed by atoms with Gasteiger partial charge in [0.2, 0.25) is 10.0 Å². The molecule has 0 spiro atoms. The summed E-state index contributed by atoms with van der Waals surface area (Å²) in [5.41, 5.74) is -1.24. The molecule has 19 heavy (non-hydrogen) atoms. The van der Waals surface area contributed by atoms with Crippen LogP contribution in [0.15, 0.2) is 23.1 Å². The Labute approximate surface area is 115 Å². The monoisotopic (exact) mass is 315 g/mol. The van der Waals surface area contributed by atoms with Gasteiger partial charge in [-0.3, -0.25) is 0 Å². The van der Waals surface area contributed by atoms with Gasteiger partial charge in [-0.2, -0.15) is 17.5 Å². The molecule has 1 rings (SSSR count). The highest BCUT2D eigenvalue weighted by Crippen LogP contribution is 2.36. The van der Waals surface area contributed by atoms with Crippen LogP contribution in [0.3, 0.4) is 0 Å². The lowest BCUT2D eigenvalue weighted by atomic mass is 10.2. The van der Waals surface area contributed by atoms with Crippen LogP contribution in [-0.2, 0) is 16.2 Å². The maximum Gasteiger partial charge on any atom is 0.417 e. The van der Waals surface area contributed by atoms with Gasteiger partial charge in [0.15, 0.2) is 0 Å². The number of halogens is 4. The smallest absolute Gasteiger partial charge is 0.207 e. The summed E-state index contributed by atoms with van der Waals surface area (Å²) in [5.74, 6) is 0. The minimum absolute atomic E-state index is 0.0960. The second-order valence-electron chi connectivity index (χ2n) is 3.73. The van der Waals surface area contributed by atoms with Crippen molar-refractivity contribution in [2.75, 3.05) is 13.1 Å². The van der Waals surface area contributed by atoms with E-state index >= 15 is 0 Å². The average Bonchev–Trinajstić information content (AvgIpc) is 2.28. The summed E-state index contributed by atoms with van der Waals surface area (Å²) in [6, 6.07) is 2.64. The van der Waals surface area contributed by atoms with Crippen LogP contribution in [0.5, 0.6) is 0 Å². The fraction of sp³-hybridized carbons (Fsp3) is 0.455. The summed E-state index contributed by atoms with van der Waals surface area (Å²) in [5, 5.41) is -0.161. The van der Waals surface area contributed by atoms with Crippen LogP contribution in [0.4, 0.5) is 13.2 Å². The van der Waals surface area contributed by atoms with Crippen LogP contribution < -0.4 is 0 Å². The van der Waals surface area contributed by atoms with Crippen molar-refractivity contribution < 1.29 is 21.6 Å². The van der Waals surface area contributed by atoms with Gasteiger partial charge in [-0.05, 0) is 18.2 Å². The zero-order valence-electron chi connectivity index (χ0n) is 10.3. The van der Waals surface area contributed by atoms with Gasteiger partial charge in [0.05, 0.1) is 10.5 Å². The fourth-order valence-corrected chi connectivity index (χ4v) is 3.47. The Morgan fingerprint density at radius 3 is 2.16 bits per heavy atom. The van der Waals surface area contributed by atoms with Gasteiger partial charge in [-0.1, -0.05) is 25.4 Å². The Hall–Kier alpha value is -0.790. The van der Waals surface area contributed by atoms with E-state index < -0.39 is 26.7 Å². The second-order valence-corrected chi connectivity index (χ2v) is 6.07. The van der Waals surface area contributed by atoms with Crippen LogP contribution in [-0.4, -0.2) is 25.8 Å². The van der Waals surface area contributed by atoms with E-state index in [-0.39, 0.29) is 18.1 Å². The first-order valence-corrected chi connectivity index (χ1v) is 7.33. The fourth-order valence-electron chi connectivity index (χ4n) is 1.65. The lowest BCUT2D eigenvalue weighted by Gasteiger charge is -2.21. The van der Waals surface area contributed by atoms with Crippen molar-refractivity contribution in [2.24, 2.45) is 0 Å². The normalized spacial score (nSPS) is 13.0. The van der Waals surface area contributed by atoms with E-state index in [1.807, 2.05) is 0 Å². The van der Waals surface area contributed by atoms with Crippen molar-refractivity contribution >= 4 is 21.6 Å². The molecule has 1 aromatic rings. The molecule has 0 atom stereocenters. The molecule has 0 radical (unpaired) electrons. The molecule has 0 heterocycles. The lowest BCUT2D eigenvalue weighted by molar-refractivity contribution is -0.139. The van der Waals surface area contributed by atoms with E-state index in [4.69, 9.17) is 11.6 Å². The maximum atomic E-state index is 12.9. The molecule has 0 aliphatic heterocycles. The van der Waals surface area contributed by atoms with Crippen LogP contribution in [0, 0.1) is 0 Å². The van der Waals surface area contributed by atoms with Gasteiger partial charge >= 0.3 is 6.18 Å². The topological polar surface area (TPSA) is 37.4 Å². The number of sulfonamides is 1. The van der Waals surface area contributed by atoms with Crippen molar-refractivity contribution in [1.29, 1.82) is 0 Å². The largest absolute Gasteiger partial charge is 0.417 e. The van der Waals surface area contributed by atoms with Crippen molar-refractivity contribution in [2.45, 2.75) is 24.9 Å². The number of nitrogens with zero attached hydrogens (tertiary/aromatic N) is 1. The zero-order chi connectivity index (χ0) is 14.8. The standard InChI is InChI=1S/C11H13ClF3NO2S/c1-3-16(4-2)19(17,18)10-6-5-8(12)7-9(10)11(13,14)15/h5-7H,3-4H2,1-2H3. The van der Waals surface area contributed by atoms with Crippen LogP contribution in [0.25, 0.3) is 0 Å². The second kappa shape index (κ2) is 5.68. The zero-order valence-corrected chi connectivity index (χ0v) is 11.9. The van der Waals surface area contributed by atoms with E-state index in [0.29, 0.717) is 6.07 Å². The number of hydrogen-bond donors (Lipinski definition) is 0. The van der Waals surface area contributed by atoms with E-state index in [9.17, 15) is 21.6 Å². The number of rotatable bonds is 4. The van der Waals surface area contributed by atoms with Crippen molar-refractivity contribution in [3.8, 4) is 0 Å². The highest BCUT2D eigenvalue weighted by atomic mass is 35.5. The van der Waals surface area contributed by atoms with Gasteiger partial charge in [0, 0.05) is 18.1 Å². The first-order valence-electron chi connectivity index (χ1n) is 5.51. The Morgan fingerprint density at radius 1 is 1.21 bits per heavy atom. The minimum Gasteiger partial charge on any atom is -0.207 e. The van der Waals surface area contributed by atoms with Gasteiger partial charge in [0.25, 0.3) is 0 Å². The Morgan fingerprint density at radius 2 is 1.74 bits per heavy atom. The summed E-state index contributed by atoms with van der Waals surface area (Å²) < 4.78 is 63.9. The summed E-state index contributed by atoms with van der Waals surface area (Å²) in [4.78, 5) is -0.770. The van der Waals surface area contributed by atoms with Gasteiger partial charge in [-0.15, -0.1) is 0 Å². The molecule has 108 valence electrons. The SMILES string of the molecule is CCN(CC)S(=O)(=O)c1ccc(Cl)cc1C(F)(F)F. The third-order valence-corrected chi connectivity index (χ3v) is 4.91. The molecule has 0 aliphatic rings. The predicted octanol–water partition coefficient (Wildman–Crippen LogP) is 3.39. The molecular weight excluding hydrogens is 303 g/mol. The third-order valence-electron chi connectivity index (χ3n) is 2.57. The molecule has 8 heteroatoms.